The van der Waals surface area contributed by atoms with Gasteiger partial charge >= 0.3 is 0 Å². The highest BCUT2D eigenvalue weighted by molar-refractivity contribution is 9.10. The van der Waals surface area contributed by atoms with Crippen LogP contribution in [0.25, 0.3) is 0 Å². The monoisotopic (exact) mass is 318 g/mol. The van der Waals surface area contributed by atoms with Crippen molar-refractivity contribution in [3.05, 3.63) is 34.1 Å². The lowest BCUT2D eigenvalue weighted by Gasteiger charge is -2.21. The first-order valence-corrected chi connectivity index (χ1v) is 7.53. The zero-order valence-electron chi connectivity index (χ0n) is 9.76. The normalized spacial score (nSPS) is 18.5. The lowest BCUT2D eigenvalue weighted by Crippen LogP contribution is -2.17. The minimum Gasteiger partial charge on any atom is -0.207 e. The molecule has 0 amide bonds. The van der Waals surface area contributed by atoms with Crippen LogP contribution in [0.1, 0.15) is 31.2 Å². The summed E-state index contributed by atoms with van der Waals surface area (Å²) >= 11 is 9.45. The smallest absolute Gasteiger partial charge is 0.126 e. The number of alkyl halides is 1. The summed E-state index contributed by atoms with van der Waals surface area (Å²) in [6.07, 6.45) is 5.89. The molecule has 1 aliphatic carbocycles. The summed E-state index contributed by atoms with van der Waals surface area (Å²) in [6, 6.07) is 5.15. The number of halogens is 3. The number of hydrogen-bond donors (Lipinski definition) is 0. The van der Waals surface area contributed by atoms with Gasteiger partial charge in [0.15, 0.2) is 0 Å². The molecule has 0 radical (unpaired) electrons. The molecule has 0 aliphatic heterocycles. The van der Waals surface area contributed by atoms with Crippen LogP contribution in [0.2, 0.25) is 0 Å². The summed E-state index contributed by atoms with van der Waals surface area (Å²) in [7, 11) is 0. The summed E-state index contributed by atoms with van der Waals surface area (Å²) in [5.41, 5.74) is 0.789. The molecule has 0 spiro atoms. The molecule has 1 atom stereocenters. The van der Waals surface area contributed by atoms with Crippen LogP contribution in [0.3, 0.4) is 0 Å². The summed E-state index contributed by atoms with van der Waals surface area (Å²) in [5, 5.41) is 0. The van der Waals surface area contributed by atoms with Gasteiger partial charge < -0.3 is 0 Å². The van der Waals surface area contributed by atoms with Gasteiger partial charge in [0, 0.05) is 10.4 Å². The molecule has 0 nitrogen and oxygen atoms in total. The van der Waals surface area contributed by atoms with E-state index in [0.717, 1.165) is 16.5 Å². The standard InChI is InChI=1S/C14H17BrClF/c15-13-5-6-14(17)11(8-13)7-12(9-16)10-3-1-2-4-10/h5-6,8,10,12H,1-4,7,9H2. The average molecular weight is 320 g/mol. The Hall–Kier alpha value is -0.0800. The first kappa shape index (κ1) is 13.4. The van der Waals surface area contributed by atoms with E-state index in [9.17, 15) is 4.39 Å². The van der Waals surface area contributed by atoms with E-state index in [0.29, 0.717) is 17.7 Å². The number of benzene rings is 1. The van der Waals surface area contributed by atoms with Gasteiger partial charge in [-0.05, 0) is 42.0 Å². The Morgan fingerprint density at radius 2 is 2.06 bits per heavy atom. The van der Waals surface area contributed by atoms with Crippen molar-refractivity contribution in [1.29, 1.82) is 0 Å². The van der Waals surface area contributed by atoms with Crippen LogP contribution < -0.4 is 0 Å². The number of rotatable bonds is 4. The fourth-order valence-electron chi connectivity index (χ4n) is 2.76. The zero-order valence-corrected chi connectivity index (χ0v) is 12.1. The second kappa shape index (κ2) is 6.19. The van der Waals surface area contributed by atoms with Crippen LogP contribution in [-0.4, -0.2) is 5.88 Å². The molecule has 0 bridgehead atoms. The Bertz CT molecular complexity index is 374. The minimum atomic E-state index is -0.110. The maximum Gasteiger partial charge on any atom is 0.126 e. The van der Waals surface area contributed by atoms with E-state index >= 15 is 0 Å². The molecular formula is C14H17BrClF. The van der Waals surface area contributed by atoms with Gasteiger partial charge in [-0.2, -0.15) is 0 Å². The van der Waals surface area contributed by atoms with E-state index in [1.165, 1.54) is 31.7 Å². The third-order valence-electron chi connectivity index (χ3n) is 3.75. The molecule has 0 saturated heterocycles. The molecule has 1 saturated carbocycles. The van der Waals surface area contributed by atoms with Gasteiger partial charge in [-0.25, -0.2) is 4.39 Å². The van der Waals surface area contributed by atoms with Crippen LogP contribution in [0.4, 0.5) is 4.39 Å². The molecule has 0 heterocycles. The zero-order chi connectivity index (χ0) is 12.3. The maximum absolute atomic E-state index is 13.7. The SMILES string of the molecule is Fc1ccc(Br)cc1CC(CCl)C1CCCC1. The van der Waals surface area contributed by atoms with Crippen LogP contribution in [0, 0.1) is 17.7 Å². The Kier molecular flexibility index (Phi) is 4.87. The Morgan fingerprint density at radius 3 is 2.71 bits per heavy atom. The van der Waals surface area contributed by atoms with Gasteiger partial charge in [-0.3, -0.25) is 0 Å². The van der Waals surface area contributed by atoms with E-state index in [1.54, 1.807) is 6.07 Å². The molecule has 0 aromatic heterocycles. The Morgan fingerprint density at radius 1 is 1.35 bits per heavy atom. The second-order valence-corrected chi connectivity index (χ2v) is 6.12. The quantitative estimate of drug-likeness (QED) is 0.671. The second-order valence-electron chi connectivity index (χ2n) is 4.90. The summed E-state index contributed by atoms with van der Waals surface area (Å²) < 4.78 is 14.6. The van der Waals surface area contributed by atoms with Crippen molar-refractivity contribution in [3.63, 3.8) is 0 Å². The van der Waals surface area contributed by atoms with Gasteiger partial charge in [-0.1, -0.05) is 41.6 Å². The van der Waals surface area contributed by atoms with E-state index in [4.69, 9.17) is 11.6 Å². The van der Waals surface area contributed by atoms with Crippen molar-refractivity contribution in [2.45, 2.75) is 32.1 Å². The first-order valence-electron chi connectivity index (χ1n) is 6.20. The highest BCUT2D eigenvalue weighted by Gasteiger charge is 2.25. The predicted octanol–water partition coefficient (Wildman–Crippen LogP) is 5.18. The molecule has 1 aliphatic rings. The molecule has 3 heteroatoms. The Labute approximate surface area is 116 Å². The molecule has 2 rings (SSSR count). The highest BCUT2D eigenvalue weighted by atomic mass is 79.9. The lowest BCUT2D eigenvalue weighted by atomic mass is 9.87. The molecule has 1 unspecified atom stereocenters. The third-order valence-corrected chi connectivity index (χ3v) is 4.64. The van der Waals surface area contributed by atoms with Crippen molar-refractivity contribution in [3.8, 4) is 0 Å². The van der Waals surface area contributed by atoms with Gasteiger partial charge in [0.25, 0.3) is 0 Å². The van der Waals surface area contributed by atoms with Crippen molar-refractivity contribution in [2.75, 3.05) is 5.88 Å². The molecule has 1 aromatic carbocycles. The highest BCUT2D eigenvalue weighted by Crippen LogP contribution is 2.34. The van der Waals surface area contributed by atoms with Crippen LogP contribution in [-0.2, 0) is 6.42 Å². The van der Waals surface area contributed by atoms with Crippen LogP contribution >= 0.6 is 27.5 Å². The first-order chi connectivity index (χ1) is 8.20. The van der Waals surface area contributed by atoms with Crippen molar-refractivity contribution >= 4 is 27.5 Å². The van der Waals surface area contributed by atoms with Gasteiger partial charge in [0.2, 0.25) is 0 Å². The third kappa shape index (κ3) is 3.45. The number of hydrogen-bond acceptors (Lipinski definition) is 0. The van der Waals surface area contributed by atoms with E-state index in [2.05, 4.69) is 15.9 Å². The summed E-state index contributed by atoms with van der Waals surface area (Å²) in [6.45, 7) is 0. The fraction of sp³-hybridized carbons (Fsp3) is 0.571. The predicted molar refractivity (Wildman–Crippen MR) is 74.0 cm³/mol. The largest absolute Gasteiger partial charge is 0.207 e. The van der Waals surface area contributed by atoms with Crippen molar-refractivity contribution < 1.29 is 4.39 Å². The minimum absolute atomic E-state index is 0.110. The van der Waals surface area contributed by atoms with E-state index < -0.39 is 0 Å². The molecule has 94 valence electrons. The molecular weight excluding hydrogens is 303 g/mol. The van der Waals surface area contributed by atoms with Gasteiger partial charge in [0.1, 0.15) is 5.82 Å². The van der Waals surface area contributed by atoms with Crippen LogP contribution in [0.5, 0.6) is 0 Å². The fourth-order valence-corrected chi connectivity index (χ4v) is 3.53. The average Bonchev–Trinajstić information content (AvgIpc) is 2.84. The molecule has 1 fully saturated rings. The topological polar surface area (TPSA) is 0 Å². The van der Waals surface area contributed by atoms with Gasteiger partial charge in [-0.15, -0.1) is 11.6 Å². The van der Waals surface area contributed by atoms with Gasteiger partial charge in [0.05, 0.1) is 0 Å². The molecule has 17 heavy (non-hydrogen) atoms. The molecule has 0 N–H and O–H groups in total. The summed E-state index contributed by atoms with van der Waals surface area (Å²) in [5.74, 6) is 1.63. The lowest BCUT2D eigenvalue weighted by molar-refractivity contribution is 0.365. The van der Waals surface area contributed by atoms with E-state index in [-0.39, 0.29) is 5.82 Å². The van der Waals surface area contributed by atoms with Crippen LogP contribution in [0.15, 0.2) is 22.7 Å². The maximum atomic E-state index is 13.7. The van der Waals surface area contributed by atoms with E-state index in [1.807, 2.05) is 6.07 Å². The summed E-state index contributed by atoms with van der Waals surface area (Å²) in [4.78, 5) is 0. The Balaban J connectivity index is 2.09. The molecule has 1 aromatic rings. The van der Waals surface area contributed by atoms with Crippen molar-refractivity contribution in [2.24, 2.45) is 11.8 Å². The van der Waals surface area contributed by atoms with Crippen molar-refractivity contribution in [1.82, 2.24) is 0 Å².